The lowest BCUT2D eigenvalue weighted by Gasteiger charge is -2.32. The number of hydrogen-bond donors (Lipinski definition) is 1. The summed E-state index contributed by atoms with van der Waals surface area (Å²) in [4.78, 5) is 16.2. The summed E-state index contributed by atoms with van der Waals surface area (Å²) in [6.45, 7) is 6.43. The lowest BCUT2D eigenvalue weighted by molar-refractivity contribution is -0.143. The largest absolute Gasteiger partial charge is 0.433 e. The molecule has 0 spiro atoms. The van der Waals surface area contributed by atoms with Gasteiger partial charge in [-0.1, -0.05) is 26.0 Å². The quantitative estimate of drug-likeness (QED) is 0.452. The Morgan fingerprint density at radius 2 is 1.91 bits per heavy atom. The van der Waals surface area contributed by atoms with E-state index in [4.69, 9.17) is 0 Å². The Balaban J connectivity index is 1.34. The highest BCUT2D eigenvalue weighted by atomic mass is 32.1. The highest BCUT2D eigenvalue weighted by Crippen LogP contribution is 2.35. The number of hydrogen-bond acceptors (Lipinski definition) is 4. The van der Waals surface area contributed by atoms with E-state index < -0.39 is 11.9 Å². The molecule has 4 rings (SSSR count). The molecule has 1 amide bonds. The van der Waals surface area contributed by atoms with Gasteiger partial charge in [-0.05, 0) is 67.7 Å². The second kappa shape index (κ2) is 9.92. The molecule has 1 aliphatic heterocycles. The van der Waals surface area contributed by atoms with Crippen LogP contribution in [-0.2, 0) is 24.6 Å². The number of anilines is 1. The van der Waals surface area contributed by atoms with Crippen LogP contribution in [0.3, 0.4) is 0 Å². The second-order valence-corrected chi connectivity index (χ2v) is 10.3. The monoisotopic (exact) mass is 490 g/mol. The number of rotatable bonds is 6. The van der Waals surface area contributed by atoms with Gasteiger partial charge in [-0.2, -0.15) is 18.3 Å². The van der Waals surface area contributed by atoms with Gasteiger partial charge in [0.05, 0.1) is 4.88 Å². The predicted molar refractivity (Wildman–Crippen MR) is 129 cm³/mol. The first kappa shape index (κ1) is 24.5. The number of alkyl halides is 3. The average molecular weight is 491 g/mol. The third-order valence-electron chi connectivity index (χ3n) is 6.20. The fourth-order valence-electron chi connectivity index (χ4n) is 4.26. The van der Waals surface area contributed by atoms with E-state index in [0.29, 0.717) is 11.6 Å². The number of thiophene rings is 1. The van der Waals surface area contributed by atoms with Crippen LogP contribution in [-0.4, -0.2) is 33.7 Å². The van der Waals surface area contributed by atoms with Crippen LogP contribution >= 0.6 is 11.3 Å². The average Bonchev–Trinajstić information content (AvgIpc) is 3.40. The van der Waals surface area contributed by atoms with Gasteiger partial charge >= 0.3 is 6.18 Å². The molecule has 182 valence electrons. The van der Waals surface area contributed by atoms with Crippen LogP contribution in [0.1, 0.15) is 48.7 Å². The Labute approximate surface area is 201 Å². The van der Waals surface area contributed by atoms with Crippen molar-refractivity contribution in [2.24, 2.45) is 13.0 Å². The zero-order chi connectivity index (χ0) is 24.5. The maximum absolute atomic E-state index is 13.1. The fraction of sp³-hybridized carbons (Fsp3) is 0.440. The number of nitrogens with zero attached hydrogens (tertiary/aromatic N) is 3. The molecular formula is C25H29F3N4OS. The molecule has 5 nitrogen and oxygen atoms in total. The third-order valence-corrected chi connectivity index (χ3v) is 7.29. The summed E-state index contributed by atoms with van der Waals surface area (Å²) in [6, 6.07) is 13.1. The Bertz CT molecular complexity index is 1140. The van der Waals surface area contributed by atoms with Crippen LogP contribution in [0.2, 0.25) is 0 Å². The van der Waals surface area contributed by atoms with Crippen molar-refractivity contribution in [2.75, 3.05) is 18.4 Å². The zero-order valence-electron chi connectivity index (χ0n) is 19.5. The molecule has 1 N–H and O–H groups in total. The van der Waals surface area contributed by atoms with Crippen molar-refractivity contribution in [3.8, 4) is 10.6 Å². The van der Waals surface area contributed by atoms with Crippen molar-refractivity contribution in [1.82, 2.24) is 14.7 Å². The minimum absolute atomic E-state index is 0.0163. The summed E-state index contributed by atoms with van der Waals surface area (Å²) in [7, 11) is 1.32. The number of likely N-dealkylation sites (tertiary alicyclic amines) is 1. The van der Waals surface area contributed by atoms with Gasteiger partial charge in [0.25, 0.3) is 0 Å². The van der Waals surface area contributed by atoms with E-state index >= 15 is 0 Å². The van der Waals surface area contributed by atoms with E-state index in [9.17, 15) is 18.0 Å². The molecule has 0 unspecified atom stereocenters. The minimum Gasteiger partial charge on any atom is -0.326 e. The lowest BCUT2D eigenvalue weighted by atomic mass is 9.89. The lowest BCUT2D eigenvalue weighted by Crippen LogP contribution is -2.32. The normalized spacial score (nSPS) is 15.7. The molecule has 3 heterocycles. The topological polar surface area (TPSA) is 50.2 Å². The Morgan fingerprint density at radius 1 is 1.18 bits per heavy atom. The minimum atomic E-state index is -4.41. The van der Waals surface area contributed by atoms with Gasteiger partial charge in [0.15, 0.2) is 0 Å². The van der Waals surface area contributed by atoms with Crippen LogP contribution < -0.4 is 5.32 Å². The van der Waals surface area contributed by atoms with Crippen LogP contribution in [0.15, 0.2) is 42.5 Å². The molecule has 0 saturated carbocycles. The van der Waals surface area contributed by atoms with E-state index in [1.54, 1.807) is 0 Å². The summed E-state index contributed by atoms with van der Waals surface area (Å²) in [5, 5.41) is 7.03. The smallest absolute Gasteiger partial charge is 0.326 e. The van der Waals surface area contributed by atoms with Crippen LogP contribution in [0.5, 0.6) is 0 Å². The molecule has 2 aromatic heterocycles. The van der Waals surface area contributed by atoms with Gasteiger partial charge < -0.3 is 5.32 Å². The number of nitrogens with one attached hydrogen (secondary N) is 1. The number of carbonyl (C=O) groups excluding carboxylic acids is 1. The molecule has 0 radical (unpaired) electrons. The van der Waals surface area contributed by atoms with Gasteiger partial charge in [-0.15, -0.1) is 11.3 Å². The van der Waals surface area contributed by atoms with Gasteiger partial charge in [0, 0.05) is 30.1 Å². The van der Waals surface area contributed by atoms with E-state index in [2.05, 4.69) is 27.4 Å². The Morgan fingerprint density at radius 3 is 2.56 bits per heavy atom. The molecule has 34 heavy (non-hydrogen) atoms. The number of halogens is 3. The second-order valence-electron chi connectivity index (χ2n) is 9.12. The van der Waals surface area contributed by atoms with Crippen LogP contribution in [0.4, 0.5) is 18.9 Å². The molecule has 0 aliphatic carbocycles. The fourth-order valence-corrected chi connectivity index (χ4v) is 5.26. The van der Waals surface area contributed by atoms with Crippen molar-refractivity contribution >= 4 is 22.9 Å². The maximum Gasteiger partial charge on any atom is 0.433 e. The number of aryl methyl sites for hydroxylation is 1. The van der Waals surface area contributed by atoms with Crippen molar-refractivity contribution in [2.45, 2.75) is 45.3 Å². The highest BCUT2D eigenvalue weighted by Gasteiger charge is 2.35. The van der Waals surface area contributed by atoms with Gasteiger partial charge in [0.2, 0.25) is 5.91 Å². The molecule has 1 aliphatic rings. The van der Waals surface area contributed by atoms with Crippen LogP contribution in [0, 0.1) is 5.92 Å². The van der Waals surface area contributed by atoms with Gasteiger partial charge in [-0.3, -0.25) is 14.4 Å². The molecular weight excluding hydrogens is 461 g/mol. The predicted octanol–water partition coefficient (Wildman–Crippen LogP) is 6.14. The zero-order valence-corrected chi connectivity index (χ0v) is 20.3. The van der Waals surface area contributed by atoms with Crippen molar-refractivity contribution in [3.63, 3.8) is 0 Å². The first-order valence-corrected chi connectivity index (χ1v) is 12.3. The number of benzene rings is 1. The number of piperidine rings is 1. The summed E-state index contributed by atoms with van der Waals surface area (Å²) in [6.07, 6.45) is -2.37. The Hall–Kier alpha value is -2.65. The van der Waals surface area contributed by atoms with Gasteiger partial charge in [-0.25, -0.2) is 0 Å². The van der Waals surface area contributed by atoms with E-state index in [1.807, 2.05) is 38.1 Å². The summed E-state index contributed by atoms with van der Waals surface area (Å²) < 4.78 is 40.1. The third kappa shape index (κ3) is 5.70. The molecule has 1 fully saturated rings. The van der Waals surface area contributed by atoms with Crippen LogP contribution in [0.25, 0.3) is 10.6 Å². The van der Waals surface area contributed by atoms with Crippen molar-refractivity contribution < 1.29 is 18.0 Å². The molecule has 3 aromatic rings. The van der Waals surface area contributed by atoms with Crippen molar-refractivity contribution in [1.29, 1.82) is 0 Å². The summed E-state index contributed by atoms with van der Waals surface area (Å²) >= 11 is 1.49. The summed E-state index contributed by atoms with van der Waals surface area (Å²) in [5.41, 5.74) is 1.70. The SMILES string of the molecule is CC(C)C(=O)Nc1cccc(C2CCN(Cc3ccc(-c4cc(C(F)(F)F)n(C)n4)s3)CC2)c1. The Kier molecular flexibility index (Phi) is 7.14. The molecule has 0 bridgehead atoms. The number of carbonyl (C=O) groups is 1. The van der Waals surface area contributed by atoms with Crippen molar-refractivity contribution in [3.05, 3.63) is 58.6 Å². The van der Waals surface area contributed by atoms with E-state index in [1.165, 1.54) is 23.9 Å². The first-order chi connectivity index (χ1) is 16.1. The summed E-state index contributed by atoms with van der Waals surface area (Å²) in [5.74, 6) is 0.400. The number of amides is 1. The molecule has 1 saturated heterocycles. The first-order valence-electron chi connectivity index (χ1n) is 11.4. The molecule has 0 atom stereocenters. The van der Waals surface area contributed by atoms with Gasteiger partial charge in [0.1, 0.15) is 11.4 Å². The standard InChI is InChI=1S/C25H29F3N4OS/c1-16(2)24(33)29-19-6-4-5-18(13-19)17-9-11-32(12-10-17)15-20-7-8-22(34-20)21-14-23(25(26,27)28)31(3)30-21/h4-8,13-14,16-17H,9-12,15H2,1-3H3,(H,29,33). The maximum atomic E-state index is 13.1. The highest BCUT2D eigenvalue weighted by molar-refractivity contribution is 7.15. The molecule has 9 heteroatoms. The number of aromatic nitrogens is 2. The molecule has 1 aromatic carbocycles. The van der Waals surface area contributed by atoms with E-state index in [-0.39, 0.29) is 11.8 Å². The van der Waals surface area contributed by atoms with E-state index in [0.717, 1.165) is 58.7 Å².